The second-order valence-electron chi connectivity index (χ2n) is 5.45. The zero-order chi connectivity index (χ0) is 12.1. The van der Waals surface area contributed by atoms with Gasteiger partial charge in [0.1, 0.15) is 5.82 Å². The van der Waals surface area contributed by atoms with Crippen LogP contribution in [0, 0.1) is 10.8 Å². The molecule has 2 rings (SSSR count). The molecule has 0 saturated heterocycles. The number of rotatable bonds is 2. The Hall–Kier alpha value is -0.840. The zero-order valence-corrected chi connectivity index (χ0v) is 11.6. The lowest BCUT2D eigenvalue weighted by Gasteiger charge is -2.09. The summed E-state index contributed by atoms with van der Waals surface area (Å²) in [4.78, 5) is 8.11. The zero-order valence-electron chi connectivity index (χ0n) is 10.0. The second-order valence-corrected chi connectivity index (χ2v) is 6.30. The molecule has 16 heavy (non-hydrogen) atoms. The minimum atomic E-state index is 0.270. The Morgan fingerprint density at radius 3 is 2.38 bits per heavy atom. The van der Waals surface area contributed by atoms with Gasteiger partial charge in [0.25, 0.3) is 0 Å². The highest BCUT2D eigenvalue weighted by molar-refractivity contribution is 9.10. The van der Waals surface area contributed by atoms with Gasteiger partial charge in [0.05, 0.1) is 4.47 Å². The van der Waals surface area contributed by atoms with Crippen LogP contribution < -0.4 is 11.1 Å². The van der Waals surface area contributed by atoms with E-state index in [-0.39, 0.29) is 10.8 Å². The van der Waals surface area contributed by atoms with Crippen molar-refractivity contribution in [2.24, 2.45) is 10.8 Å². The van der Waals surface area contributed by atoms with E-state index < -0.39 is 0 Å². The Bertz CT molecular complexity index is 414. The van der Waals surface area contributed by atoms with Crippen LogP contribution in [-0.2, 0) is 0 Å². The van der Waals surface area contributed by atoms with Gasteiger partial charge in [-0.25, -0.2) is 4.98 Å². The standard InChI is InChI=1S/C11H17BrN4/c1-10(2)8(11(10,3)4)15-7-6(12)5-14-9(13)16-7/h5,8H,1-4H3,(H3,13,14,15,16). The SMILES string of the molecule is CC1(C)C(Nc2nc(N)ncc2Br)C1(C)C. The molecule has 4 nitrogen and oxygen atoms in total. The predicted molar refractivity (Wildman–Crippen MR) is 69.1 cm³/mol. The highest BCUT2D eigenvalue weighted by Gasteiger charge is 2.65. The normalized spacial score (nSPS) is 21.8. The molecule has 0 aliphatic heterocycles. The van der Waals surface area contributed by atoms with Gasteiger partial charge in [-0.1, -0.05) is 27.7 Å². The molecule has 0 bridgehead atoms. The van der Waals surface area contributed by atoms with Crippen molar-refractivity contribution in [2.75, 3.05) is 11.1 Å². The average Bonchev–Trinajstić information content (AvgIpc) is 2.54. The molecular weight excluding hydrogens is 268 g/mol. The number of anilines is 2. The van der Waals surface area contributed by atoms with Crippen molar-refractivity contribution in [2.45, 2.75) is 33.7 Å². The molecule has 0 amide bonds. The summed E-state index contributed by atoms with van der Waals surface area (Å²) in [5.41, 5.74) is 6.12. The van der Waals surface area contributed by atoms with Gasteiger partial charge < -0.3 is 11.1 Å². The van der Waals surface area contributed by atoms with E-state index in [1.165, 1.54) is 0 Å². The van der Waals surface area contributed by atoms with Gasteiger partial charge in [-0.05, 0) is 26.8 Å². The molecule has 1 aromatic rings. The van der Waals surface area contributed by atoms with Crippen molar-refractivity contribution in [1.29, 1.82) is 0 Å². The van der Waals surface area contributed by atoms with E-state index in [4.69, 9.17) is 5.73 Å². The fourth-order valence-electron chi connectivity index (χ4n) is 2.18. The molecule has 88 valence electrons. The summed E-state index contributed by atoms with van der Waals surface area (Å²) in [6.07, 6.45) is 1.67. The topological polar surface area (TPSA) is 63.8 Å². The smallest absolute Gasteiger partial charge is 0.221 e. The van der Waals surface area contributed by atoms with Crippen molar-refractivity contribution < 1.29 is 0 Å². The van der Waals surface area contributed by atoms with Crippen LogP contribution in [0.2, 0.25) is 0 Å². The summed E-state index contributed by atoms with van der Waals surface area (Å²) in [5, 5.41) is 3.43. The Kier molecular flexibility index (Phi) is 2.42. The Morgan fingerprint density at radius 2 is 1.88 bits per heavy atom. The molecule has 0 aromatic carbocycles. The number of nitrogens with zero attached hydrogens (tertiary/aromatic N) is 2. The maximum absolute atomic E-state index is 5.58. The van der Waals surface area contributed by atoms with E-state index in [2.05, 4.69) is 58.9 Å². The molecule has 0 unspecified atom stereocenters. The monoisotopic (exact) mass is 284 g/mol. The number of hydrogen-bond donors (Lipinski definition) is 2. The van der Waals surface area contributed by atoms with Crippen LogP contribution in [0.15, 0.2) is 10.7 Å². The fourth-order valence-corrected chi connectivity index (χ4v) is 2.48. The molecule has 1 heterocycles. The third-order valence-electron chi connectivity index (χ3n) is 4.06. The predicted octanol–water partition coefficient (Wildman–Crippen LogP) is 2.67. The summed E-state index contributed by atoms with van der Waals surface area (Å²) in [7, 11) is 0. The quantitative estimate of drug-likeness (QED) is 0.877. The van der Waals surface area contributed by atoms with E-state index in [0.29, 0.717) is 12.0 Å². The molecule has 0 spiro atoms. The third kappa shape index (κ3) is 1.57. The van der Waals surface area contributed by atoms with Gasteiger partial charge in [-0.2, -0.15) is 4.98 Å². The summed E-state index contributed by atoms with van der Waals surface area (Å²) >= 11 is 3.42. The molecule has 5 heteroatoms. The molecule has 0 radical (unpaired) electrons. The van der Waals surface area contributed by atoms with Crippen molar-refractivity contribution in [1.82, 2.24) is 9.97 Å². The van der Waals surface area contributed by atoms with Gasteiger partial charge in [-0.15, -0.1) is 0 Å². The molecule has 1 aliphatic rings. The summed E-state index contributed by atoms with van der Waals surface area (Å²) in [6, 6.07) is 0.408. The molecular formula is C11H17BrN4. The Morgan fingerprint density at radius 1 is 1.31 bits per heavy atom. The third-order valence-corrected chi connectivity index (χ3v) is 4.64. The van der Waals surface area contributed by atoms with Crippen molar-refractivity contribution >= 4 is 27.7 Å². The maximum atomic E-state index is 5.58. The van der Waals surface area contributed by atoms with Gasteiger partial charge in [0.15, 0.2) is 0 Å². The first-order chi connectivity index (χ1) is 7.26. The number of halogens is 1. The molecule has 1 fully saturated rings. The van der Waals surface area contributed by atoms with Crippen molar-refractivity contribution in [3.05, 3.63) is 10.7 Å². The first kappa shape index (κ1) is 11.6. The van der Waals surface area contributed by atoms with Crippen LogP contribution in [0.3, 0.4) is 0 Å². The summed E-state index contributed by atoms with van der Waals surface area (Å²) < 4.78 is 0.847. The number of nitrogens with two attached hydrogens (primary N) is 1. The summed E-state index contributed by atoms with van der Waals surface area (Å²) in [6.45, 7) is 9.01. The first-order valence-electron chi connectivity index (χ1n) is 5.31. The lowest BCUT2D eigenvalue weighted by Crippen LogP contribution is -2.12. The van der Waals surface area contributed by atoms with Gasteiger partial charge in [0, 0.05) is 12.2 Å². The van der Waals surface area contributed by atoms with Crippen LogP contribution in [0.4, 0.5) is 11.8 Å². The van der Waals surface area contributed by atoms with Crippen molar-refractivity contribution in [3.8, 4) is 0 Å². The lowest BCUT2D eigenvalue weighted by molar-refractivity contribution is 0.457. The van der Waals surface area contributed by atoms with Crippen LogP contribution in [0.25, 0.3) is 0 Å². The van der Waals surface area contributed by atoms with Crippen LogP contribution in [0.1, 0.15) is 27.7 Å². The van der Waals surface area contributed by atoms with Gasteiger partial charge in [0.2, 0.25) is 5.95 Å². The fraction of sp³-hybridized carbons (Fsp3) is 0.636. The molecule has 0 atom stereocenters. The minimum absolute atomic E-state index is 0.270. The van der Waals surface area contributed by atoms with Gasteiger partial charge in [-0.3, -0.25) is 0 Å². The number of hydrogen-bond acceptors (Lipinski definition) is 4. The number of nitrogens with one attached hydrogen (secondary N) is 1. The van der Waals surface area contributed by atoms with E-state index >= 15 is 0 Å². The van der Waals surface area contributed by atoms with Crippen LogP contribution in [0.5, 0.6) is 0 Å². The number of nitrogen functional groups attached to an aromatic ring is 1. The molecule has 3 N–H and O–H groups in total. The highest BCUT2D eigenvalue weighted by atomic mass is 79.9. The second kappa shape index (κ2) is 3.32. The summed E-state index contributed by atoms with van der Waals surface area (Å²) in [5.74, 6) is 1.07. The van der Waals surface area contributed by atoms with Crippen LogP contribution >= 0.6 is 15.9 Å². The first-order valence-corrected chi connectivity index (χ1v) is 6.10. The van der Waals surface area contributed by atoms with Crippen molar-refractivity contribution in [3.63, 3.8) is 0 Å². The van der Waals surface area contributed by atoms with E-state index in [9.17, 15) is 0 Å². The van der Waals surface area contributed by atoms with E-state index in [1.807, 2.05) is 0 Å². The maximum Gasteiger partial charge on any atom is 0.221 e. The largest absolute Gasteiger partial charge is 0.368 e. The van der Waals surface area contributed by atoms with Crippen LogP contribution in [-0.4, -0.2) is 16.0 Å². The van der Waals surface area contributed by atoms with E-state index in [1.54, 1.807) is 6.20 Å². The molecule has 1 aliphatic carbocycles. The lowest BCUT2D eigenvalue weighted by atomic mass is 10.0. The molecule has 1 aromatic heterocycles. The number of aromatic nitrogens is 2. The van der Waals surface area contributed by atoms with Gasteiger partial charge >= 0.3 is 0 Å². The molecule has 1 saturated carbocycles. The highest BCUT2D eigenvalue weighted by Crippen LogP contribution is 2.63. The minimum Gasteiger partial charge on any atom is -0.368 e. The Balaban J connectivity index is 2.21. The van der Waals surface area contributed by atoms with E-state index in [0.717, 1.165) is 10.3 Å². The Labute approximate surface area is 104 Å². The average molecular weight is 285 g/mol.